The summed E-state index contributed by atoms with van der Waals surface area (Å²) >= 11 is 1.65. The predicted molar refractivity (Wildman–Crippen MR) is 132 cm³/mol. The minimum Gasteiger partial charge on any atom is -0.486 e. The number of anilines is 1. The van der Waals surface area contributed by atoms with Crippen LogP contribution in [-0.2, 0) is 11.3 Å². The number of hydrogen-bond acceptors (Lipinski definition) is 8. The molecule has 1 fully saturated rings. The van der Waals surface area contributed by atoms with Crippen LogP contribution in [0.15, 0.2) is 52.4 Å². The molecule has 34 heavy (non-hydrogen) atoms. The molecule has 1 aliphatic heterocycles. The summed E-state index contributed by atoms with van der Waals surface area (Å²) in [4.78, 5) is 11.7. The van der Waals surface area contributed by atoms with Crippen LogP contribution in [0.25, 0.3) is 28.1 Å². The Morgan fingerprint density at radius 2 is 1.97 bits per heavy atom. The van der Waals surface area contributed by atoms with Crippen LogP contribution in [0.5, 0.6) is 5.75 Å². The van der Waals surface area contributed by atoms with Gasteiger partial charge >= 0.3 is 0 Å². The van der Waals surface area contributed by atoms with E-state index in [9.17, 15) is 0 Å². The van der Waals surface area contributed by atoms with Crippen molar-refractivity contribution < 1.29 is 13.9 Å². The molecule has 5 aromatic rings. The second-order valence-electron chi connectivity index (χ2n) is 8.75. The molecular formula is C25H25N5O3S. The van der Waals surface area contributed by atoms with Gasteiger partial charge in [-0.2, -0.15) is 5.10 Å². The number of furan rings is 1. The van der Waals surface area contributed by atoms with Gasteiger partial charge in [0, 0.05) is 18.5 Å². The third-order valence-electron chi connectivity index (χ3n) is 5.83. The molecule has 0 saturated carbocycles. The molecule has 5 heterocycles. The molecule has 1 aliphatic rings. The second-order valence-corrected chi connectivity index (χ2v) is 9.59. The zero-order valence-electron chi connectivity index (χ0n) is 19.3. The first-order chi connectivity index (χ1) is 16.5. The van der Waals surface area contributed by atoms with Crippen molar-refractivity contribution in [2.24, 2.45) is 0 Å². The molecule has 1 aromatic carbocycles. The third kappa shape index (κ3) is 4.01. The number of hydrogen-bond donors (Lipinski definition) is 0. The zero-order valence-corrected chi connectivity index (χ0v) is 20.1. The van der Waals surface area contributed by atoms with Gasteiger partial charge in [0.15, 0.2) is 16.5 Å². The second kappa shape index (κ2) is 8.41. The van der Waals surface area contributed by atoms with Crippen LogP contribution >= 0.6 is 11.3 Å². The number of thiazole rings is 1. The lowest BCUT2D eigenvalue weighted by Crippen LogP contribution is -2.45. The van der Waals surface area contributed by atoms with Crippen molar-refractivity contribution in [3.63, 3.8) is 0 Å². The molecule has 0 aliphatic carbocycles. The zero-order chi connectivity index (χ0) is 23.2. The normalized spacial score (nSPS) is 18.7. The SMILES string of the molecule is Cc1ccc2nc(-c3cc4c(OCc5csc(N6C[C@@H](C)O[C@@H](C)C6)n5)cccc4o3)cn2n1. The summed E-state index contributed by atoms with van der Waals surface area (Å²) < 4.78 is 19.9. The maximum Gasteiger partial charge on any atom is 0.185 e. The minimum absolute atomic E-state index is 0.202. The summed E-state index contributed by atoms with van der Waals surface area (Å²) in [7, 11) is 0. The van der Waals surface area contributed by atoms with E-state index in [1.165, 1.54) is 0 Å². The summed E-state index contributed by atoms with van der Waals surface area (Å²) in [6.07, 6.45) is 2.28. The maximum atomic E-state index is 6.18. The van der Waals surface area contributed by atoms with Gasteiger partial charge in [-0.1, -0.05) is 6.07 Å². The quantitative estimate of drug-likeness (QED) is 0.350. The molecule has 6 rings (SSSR count). The lowest BCUT2D eigenvalue weighted by molar-refractivity contribution is -0.00524. The molecule has 0 radical (unpaired) electrons. The highest BCUT2D eigenvalue weighted by Gasteiger charge is 2.24. The van der Waals surface area contributed by atoms with E-state index in [4.69, 9.17) is 18.9 Å². The highest BCUT2D eigenvalue weighted by molar-refractivity contribution is 7.13. The Morgan fingerprint density at radius 3 is 2.82 bits per heavy atom. The molecule has 4 aromatic heterocycles. The highest BCUT2D eigenvalue weighted by Crippen LogP contribution is 2.34. The van der Waals surface area contributed by atoms with Crippen LogP contribution in [0, 0.1) is 6.92 Å². The summed E-state index contributed by atoms with van der Waals surface area (Å²) in [5.41, 5.74) is 4.11. The van der Waals surface area contributed by atoms with Crippen molar-refractivity contribution in [1.82, 2.24) is 19.6 Å². The number of morpholine rings is 1. The highest BCUT2D eigenvalue weighted by atomic mass is 32.1. The Bertz CT molecular complexity index is 1460. The Labute approximate surface area is 200 Å². The monoisotopic (exact) mass is 475 g/mol. The van der Waals surface area contributed by atoms with E-state index < -0.39 is 0 Å². The maximum absolute atomic E-state index is 6.18. The molecular weight excluding hydrogens is 450 g/mol. The number of aromatic nitrogens is 4. The Hall–Kier alpha value is -3.43. The van der Waals surface area contributed by atoms with E-state index >= 15 is 0 Å². The molecule has 0 N–H and O–H groups in total. The molecule has 0 spiro atoms. The van der Waals surface area contributed by atoms with Crippen LogP contribution in [0.1, 0.15) is 25.2 Å². The van der Waals surface area contributed by atoms with Gasteiger partial charge < -0.3 is 18.8 Å². The van der Waals surface area contributed by atoms with Gasteiger partial charge in [-0.05, 0) is 51.1 Å². The number of fused-ring (bicyclic) bond motifs is 2. The number of aryl methyl sites for hydroxylation is 1. The first-order valence-electron chi connectivity index (χ1n) is 11.4. The fourth-order valence-corrected chi connectivity index (χ4v) is 5.21. The fourth-order valence-electron chi connectivity index (χ4n) is 4.38. The molecule has 0 bridgehead atoms. The topological polar surface area (TPSA) is 77.9 Å². The molecule has 9 heteroatoms. The standard InChI is InChI=1S/C25H25N5O3S/c1-15-7-8-24-27-20(12-30(24)28-15)23-9-19-21(5-4-6-22(19)33-23)31-13-18-14-34-25(26-18)29-10-16(2)32-17(3)11-29/h4-9,12,14,16-17H,10-11,13H2,1-3H3/t16-,17+. The number of imidazole rings is 1. The molecule has 0 amide bonds. The van der Waals surface area contributed by atoms with E-state index in [2.05, 4.69) is 34.2 Å². The lowest BCUT2D eigenvalue weighted by Gasteiger charge is -2.35. The molecule has 8 nitrogen and oxygen atoms in total. The first-order valence-corrected chi connectivity index (χ1v) is 12.2. The summed E-state index contributed by atoms with van der Waals surface area (Å²) in [6.45, 7) is 8.26. The number of rotatable bonds is 5. The van der Waals surface area contributed by atoms with Crippen molar-refractivity contribution >= 4 is 33.1 Å². The Morgan fingerprint density at radius 1 is 1.12 bits per heavy atom. The predicted octanol–water partition coefficient (Wildman–Crippen LogP) is 5.10. The summed E-state index contributed by atoms with van der Waals surface area (Å²) in [5, 5.41) is 8.46. The average molecular weight is 476 g/mol. The van der Waals surface area contributed by atoms with Crippen molar-refractivity contribution in [2.45, 2.75) is 39.6 Å². The Balaban J connectivity index is 1.22. The molecule has 174 valence electrons. The first kappa shape index (κ1) is 21.1. The Kier molecular flexibility index (Phi) is 5.23. The summed E-state index contributed by atoms with van der Waals surface area (Å²) in [5.74, 6) is 1.44. The minimum atomic E-state index is 0.202. The third-order valence-corrected chi connectivity index (χ3v) is 6.78. The van der Waals surface area contributed by atoms with E-state index in [-0.39, 0.29) is 12.2 Å². The van der Waals surface area contributed by atoms with Gasteiger partial charge in [0.25, 0.3) is 0 Å². The van der Waals surface area contributed by atoms with Crippen LogP contribution in [-0.4, -0.2) is 44.9 Å². The number of nitrogens with zero attached hydrogens (tertiary/aromatic N) is 5. The van der Waals surface area contributed by atoms with Crippen LogP contribution < -0.4 is 9.64 Å². The van der Waals surface area contributed by atoms with Gasteiger partial charge in [-0.15, -0.1) is 11.3 Å². The van der Waals surface area contributed by atoms with Crippen LogP contribution in [0.2, 0.25) is 0 Å². The van der Waals surface area contributed by atoms with Crippen molar-refractivity contribution in [3.8, 4) is 17.2 Å². The van der Waals surface area contributed by atoms with E-state index in [1.807, 2.05) is 49.5 Å². The van der Waals surface area contributed by atoms with Crippen molar-refractivity contribution in [3.05, 3.63) is 59.4 Å². The van der Waals surface area contributed by atoms with E-state index in [1.54, 1.807) is 15.9 Å². The molecule has 0 unspecified atom stereocenters. The van der Waals surface area contributed by atoms with Gasteiger partial charge in [0.1, 0.15) is 23.6 Å². The number of benzene rings is 1. The van der Waals surface area contributed by atoms with Crippen LogP contribution in [0.4, 0.5) is 5.13 Å². The van der Waals surface area contributed by atoms with Crippen molar-refractivity contribution in [2.75, 3.05) is 18.0 Å². The van der Waals surface area contributed by atoms with Gasteiger partial charge in [-0.3, -0.25) is 0 Å². The van der Waals surface area contributed by atoms with Crippen LogP contribution in [0.3, 0.4) is 0 Å². The van der Waals surface area contributed by atoms with Gasteiger partial charge in [0.2, 0.25) is 0 Å². The number of ether oxygens (including phenoxy) is 2. The fraction of sp³-hybridized carbons (Fsp3) is 0.320. The van der Waals surface area contributed by atoms with Crippen molar-refractivity contribution in [1.29, 1.82) is 0 Å². The largest absolute Gasteiger partial charge is 0.486 e. The van der Waals surface area contributed by atoms with Gasteiger partial charge in [-0.25, -0.2) is 14.5 Å². The van der Waals surface area contributed by atoms with Gasteiger partial charge in [0.05, 0.1) is 35.2 Å². The lowest BCUT2D eigenvalue weighted by atomic mass is 10.2. The molecule has 1 saturated heterocycles. The molecule has 2 atom stereocenters. The van der Waals surface area contributed by atoms with E-state index in [0.29, 0.717) is 12.4 Å². The smallest absolute Gasteiger partial charge is 0.185 e. The average Bonchev–Trinajstić information content (AvgIpc) is 3.54. The van der Waals surface area contributed by atoms with E-state index in [0.717, 1.165) is 57.7 Å². The summed E-state index contributed by atoms with van der Waals surface area (Å²) in [6, 6.07) is 11.7.